The van der Waals surface area contributed by atoms with Gasteiger partial charge in [-0.05, 0) is 52.6 Å². The lowest BCUT2D eigenvalue weighted by molar-refractivity contribution is -0.141. The van der Waals surface area contributed by atoms with E-state index in [9.17, 15) is 14.0 Å². The van der Waals surface area contributed by atoms with Gasteiger partial charge in [0, 0.05) is 23.1 Å². The van der Waals surface area contributed by atoms with Crippen LogP contribution in [0.25, 0.3) is 0 Å². The third kappa shape index (κ3) is 7.19. The zero-order valence-electron chi connectivity index (χ0n) is 19.9. The summed E-state index contributed by atoms with van der Waals surface area (Å²) in [7, 11) is 0. The Bertz CT molecular complexity index is 1350. The second-order valence-electron chi connectivity index (χ2n) is 8.57. The van der Waals surface area contributed by atoms with Gasteiger partial charge in [0.25, 0.3) is 0 Å². The van der Waals surface area contributed by atoms with E-state index in [0.29, 0.717) is 21.2 Å². The van der Waals surface area contributed by atoms with Gasteiger partial charge in [0.1, 0.15) is 11.9 Å². The number of hydrogen-bond acceptors (Lipinski definition) is 2. The lowest BCUT2D eigenvalue weighted by atomic mass is 10.0. The third-order valence-electron chi connectivity index (χ3n) is 5.94. The molecule has 0 saturated carbocycles. The average Bonchev–Trinajstić information content (AvgIpc) is 2.91. The van der Waals surface area contributed by atoms with E-state index in [1.165, 1.54) is 17.0 Å². The van der Waals surface area contributed by atoms with E-state index >= 15 is 0 Å². The van der Waals surface area contributed by atoms with Crippen LogP contribution in [0, 0.1) is 5.82 Å². The van der Waals surface area contributed by atoms with Crippen LogP contribution >= 0.6 is 23.2 Å². The fourth-order valence-corrected chi connectivity index (χ4v) is 4.35. The lowest BCUT2D eigenvalue weighted by Gasteiger charge is -2.32. The van der Waals surface area contributed by atoms with Crippen molar-refractivity contribution in [2.45, 2.75) is 25.6 Å². The van der Waals surface area contributed by atoms with E-state index < -0.39 is 6.04 Å². The lowest BCUT2D eigenvalue weighted by Crippen LogP contribution is -2.43. The highest BCUT2D eigenvalue weighted by Crippen LogP contribution is 2.26. The normalized spacial score (nSPS) is 11.5. The zero-order chi connectivity index (χ0) is 26.2. The smallest absolute Gasteiger partial charge is 0.247 e. The molecular formula is C30H25Cl2FN2O2. The molecule has 4 aromatic carbocycles. The predicted octanol–water partition coefficient (Wildman–Crippen LogP) is 6.76. The van der Waals surface area contributed by atoms with Crippen molar-refractivity contribution in [2.75, 3.05) is 0 Å². The number of hydrogen-bond donors (Lipinski definition) is 1. The first-order chi connectivity index (χ1) is 17.9. The molecule has 1 atom stereocenters. The molecule has 0 aliphatic carbocycles. The molecular weight excluding hydrogens is 510 g/mol. The van der Waals surface area contributed by atoms with Crippen LogP contribution in [0.1, 0.15) is 28.3 Å². The summed E-state index contributed by atoms with van der Waals surface area (Å²) in [4.78, 5) is 29.0. The molecule has 0 aliphatic rings. The summed E-state index contributed by atoms with van der Waals surface area (Å²) in [6.45, 7) is 0.323. The number of nitrogens with zero attached hydrogens (tertiary/aromatic N) is 1. The topological polar surface area (TPSA) is 49.4 Å². The molecule has 1 N–H and O–H groups in total. The van der Waals surface area contributed by atoms with Gasteiger partial charge in [-0.15, -0.1) is 0 Å². The number of amides is 2. The van der Waals surface area contributed by atoms with Crippen LogP contribution in [0.2, 0.25) is 10.0 Å². The molecule has 0 fully saturated rings. The predicted molar refractivity (Wildman–Crippen MR) is 145 cm³/mol. The number of benzene rings is 4. The Hall–Kier alpha value is -3.67. The molecule has 37 heavy (non-hydrogen) atoms. The zero-order valence-corrected chi connectivity index (χ0v) is 21.4. The monoisotopic (exact) mass is 534 g/mol. The highest BCUT2D eigenvalue weighted by Gasteiger charge is 2.31. The van der Waals surface area contributed by atoms with Gasteiger partial charge in [-0.2, -0.15) is 0 Å². The molecule has 4 nitrogen and oxygen atoms in total. The van der Waals surface area contributed by atoms with Crippen LogP contribution in [0.3, 0.4) is 0 Å². The van der Waals surface area contributed by atoms with Crippen molar-refractivity contribution in [1.29, 1.82) is 0 Å². The maximum absolute atomic E-state index is 13.7. The largest absolute Gasteiger partial charge is 0.350 e. The number of halogens is 3. The van der Waals surface area contributed by atoms with Gasteiger partial charge in [0.2, 0.25) is 11.8 Å². The van der Waals surface area contributed by atoms with Crippen molar-refractivity contribution in [1.82, 2.24) is 10.2 Å². The maximum Gasteiger partial charge on any atom is 0.247 e. The molecule has 0 unspecified atom stereocenters. The summed E-state index contributed by atoms with van der Waals surface area (Å²) in [6.07, 6.45) is 0.0689. The van der Waals surface area contributed by atoms with E-state index in [-0.39, 0.29) is 37.1 Å². The average molecular weight is 535 g/mol. The molecule has 188 valence electrons. The Balaban J connectivity index is 1.67. The molecule has 0 aliphatic heterocycles. The summed E-state index contributed by atoms with van der Waals surface area (Å²) in [5.74, 6) is -0.981. The Labute approximate surface area is 225 Å². The van der Waals surface area contributed by atoms with Crippen LogP contribution in [0.5, 0.6) is 0 Å². The second kappa shape index (κ2) is 12.5. The first-order valence-corrected chi connectivity index (χ1v) is 12.5. The van der Waals surface area contributed by atoms with Crippen molar-refractivity contribution >= 4 is 35.0 Å². The summed E-state index contributed by atoms with van der Waals surface area (Å²) < 4.78 is 13.6. The van der Waals surface area contributed by atoms with Crippen LogP contribution in [0.4, 0.5) is 4.39 Å². The SMILES string of the molecule is O=C(NCc1ccccc1Cl)[C@@H](c1ccccc1)N(Cc1ccc(F)cc1)C(=O)Cc1ccc(Cl)cc1. The molecule has 0 bridgehead atoms. The first kappa shape index (κ1) is 26.4. The minimum atomic E-state index is -0.923. The molecule has 0 heterocycles. The van der Waals surface area contributed by atoms with Gasteiger partial charge in [-0.25, -0.2) is 4.39 Å². The van der Waals surface area contributed by atoms with Gasteiger partial charge in [-0.3, -0.25) is 9.59 Å². The summed E-state index contributed by atoms with van der Waals surface area (Å²) in [5, 5.41) is 4.06. The summed E-state index contributed by atoms with van der Waals surface area (Å²) >= 11 is 12.3. The van der Waals surface area contributed by atoms with E-state index in [4.69, 9.17) is 23.2 Å². The molecule has 0 saturated heterocycles. The molecule has 7 heteroatoms. The second-order valence-corrected chi connectivity index (χ2v) is 9.42. The molecule has 0 radical (unpaired) electrons. The third-order valence-corrected chi connectivity index (χ3v) is 6.56. The highest BCUT2D eigenvalue weighted by molar-refractivity contribution is 6.31. The van der Waals surface area contributed by atoms with Crippen LogP contribution in [-0.4, -0.2) is 16.7 Å². The van der Waals surface area contributed by atoms with Gasteiger partial charge in [0.15, 0.2) is 0 Å². The molecule has 2 amide bonds. The van der Waals surface area contributed by atoms with Crippen LogP contribution in [0.15, 0.2) is 103 Å². The Morgan fingerprint density at radius 3 is 2.08 bits per heavy atom. The van der Waals surface area contributed by atoms with Crippen molar-refractivity contribution in [3.05, 3.63) is 141 Å². The fourth-order valence-electron chi connectivity index (χ4n) is 4.02. The van der Waals surface area contributed by atoms with Crippen LogP contribution in [-0.2, 0) is 29.1 Å². The van der Waals surface area contributed by atoms with Gasteiger partial charge >= 0.3 is 0 Å². The minimum absolute atomic E-state index is 0.0689. The Kier molecular flexibility index (Phi) is 8.94. The number of carbonyl (C=O) groups is 2. The first-order valence-electron chi connectivity index (χ1n) is 11.7. The van der Waals surface area contributed by atoms with Gasteiger partial charge in [-0.1, -0.05) is 96.0 Å². The number of nitrogens with one attached hydrogen (secondary N) is 1. The summed E-state index contributed by atoms with van der Waals surface area (Å²) in [6, 6.07) is 28.4. The Morgan fingerprint density at radius 2 is 1.41 bits per heavy atom. The standard InChI is InChI=1S/C30H25Cl2FN2O2/c31-25-14-10-21(11-15-25)18-28(36)35(20-22-12-16-26(33)17-13-22)29(23-6-2-1-3-7-23)30(37)34-19-24-8-4-5-9-27(24)32/h1-17,29H,18-20H2,(H,34,37)/t29-/m1/s1. The van der Waals surface area contributed by atoms with Gasteiger partial charge in [0.05, 0.1) is 6.42 Å². The number of carbonyl (C=O) groups excluding carboxylic acids is 2. The maximum atomic E-state index is 13.7. The molecule has 4 rings (SSSR count). The fraction of sp³-hybridized carbons (Fsp3) is 0.133. The van der Waals surface area contributed by atoms with E-state index in [2.05, 4.69) is 5.32 Å². The van der Waals surface area contributed by atoms with E-state index in [1.54, 1.807) is 42.5 Å². The summed E-state index contributed by atoms with van der Waals surface area (Å²) in [5.41, 5.74) is 2.89. The molecule has 0 aromatic heterocycles. The quantitative estimate of drug-likeness (QED) is 0.258. The van der Waals surface area contributed by atoms with Crippen molar-refractivity contribution in [2.24, 2.45) is 0 Å². The highest BCUT2D eigenvalue weighted by atomic mass is 35.5. The van der Waals surface area contributed by atoms with Crippen molar-refractivity contribution in [3.63, 3.8) is 0 Å². The van der Waals surface area contributed by atoms with Crippen molar-refractivity contribution < 1.29 is 14.0 Å². The van der Waals surface area contributed by atoms with E-state index in [0.717, 1.165) is 11.1 Å². The van der Waals surface area contributed by atoms with E-state index in [1.807, 2.05) is 48.5 Å². The van der Waals surface area contributed by atoms with Gasteiger partial charge < -0.3 is 10.2 Å². The minimum Gasteiger partial charge on any atom is -0.350 e. The molecule has 4 aromatic rings. The van der Waals surface area contributed by atoms with Crippen LogP contribution < -0.4 is 5.32 Å². The number of rotatable bonds is 9. The Morgan fingerprint density at radius 1 is 0.784 bits per heavy atom. The molecule has 0 spiro atoms. The van der Waals surface area contributed by atoms with Crippen molar-refractivity contribution in [3.8, 4) is 0 Å².